The van der Waals surface area contributed by atoms with Crippen LogP contribution in [0.1, 0.15) is 32.3 Å². The fourth-order valence-electron chi connectivity index (χ4n) is 4.20. The fourth-order valence-corrected chi connectivity index (χ4v) is 6.14. The summed E-state index contributed by atoms with van der Waals surface area (Å²) in [6.45, 7) is 3.28. The molecule has 3 rings (SSSR count). The molecule has 0 aliphatic rings. The Morgan fingerprint density at radius 1 is 0.929 bits per heavy atom. The van der Waals surface area contributed by atoms with E-state index in [-0.39, 0.29) is 28.8 Å². The van der Waals surface area contributed by atoms with E-state index in [4.69, 9.17) is 32.7 Å². The van der Waals surface area contributed by atoms with E-state index in [9.17, 15) is 18.0 Å². The zero-order valence-corrected chi connectivity index (χ0v) is 26.3. The zero-order chi connectivity index (χ0) is 30.9. The van der Waals surface area contributed by atoms with Gasteiger partial charge in [-0.25, -0.2) is 8.42 Å². The summed E-state index contributed by atoms with van der Waals surface area (Å²) in [5.74, 6) is -0.363. The number of hydrogen-bond acceptors (Lipinski definition) is 6. The molecule has 0 unspecified atom stereocenters. The second-order valence-corrected chi connectivity index (χ2v) is 12.1. The van der Waals surface area contributed by atoms with Crippen LogP contribution in [0.15, 0.2) is 71.6 Å². The lowest BCUT2D eigenvalue weighted by Gasteiger charge is -2.32. The first-order valence-corrected chi connectivity index (χ1v) is 15.5. The molecule has 0 heterocycles. The van der Waals surface area contributed by atoms with Crippen molar-refractivity contribution in [2.45, 2.75) is 44.2 Å². The van der Waals surface area contributed by atoms with E-state index in [0.717, 1.165) is 17.1 Å². The van der Waals surface area contributed by atoms with Crippen molar-refractivity contribution in [1.29, 1.82) is 0 Å². The molecule has 0 radical (unpaired) electrons. The third-order valence-electron chi connectivity index (χ3n) is 6.65. The van der Waals surface area contributed by atoms with Crippen LogP contribution in [0.3, 0.4) is 0 Å². The highest BCUT2D eigenvalue weighted by molar-refractivity contribution is 7.92. The molecule has 12 heteroatoms. The van der Waals surface area contributed by atoms with Gasteiger partial charge < -0.3 is 19.7 Å². The second-order valence-electron chi connectivity index (χ2n) is 9.41. The monoisotopic (exact) mass is 635 g/mol. The largest absolute Gasteiger partial charge is 0.493 e. The Kier molecular flexibility index (Phi) is 11.9. The van der Waals surface area contributed by atoms with Crippen LogP contribution in [0.4, 0.5) is 5.69 Å². The Balaban J connectivity index is 2.08. The summed E-state index contributed by atoms with van der Waals surface area (Å²) in [5.41, 5.74) is 0.603. The molecule has 0 aliphatic carbocycles. The SMILES string of the molecule is CCCCNC(=O)[C@@H](C)N(Cc1c(Cl)cccc1Cl)C(=O)CN(c1ccc(OC)c(OC)c1)S(=O)(=O)c1ccccc1. The third kappa shape index (κ3) is 7.87. The van der Waals surface area contributed by atoms with E-state index in [1.54, 1.807) is 49.4 Å². The minimum absolute atomic E-state index is 0.0151. The Morgan fingerprint density at radius 3 is 2.17 bits per heavy atom. The van der Waals surface area contributed by atoms with Crippen LogP contribution in [0.25, 0.3) is 0 Å². The maximum absolute atomic E-state index is 14.1. The van der Waals surface area contributed by atoms with Crippen LogP contribution in [0.2, 0.25) is 10.0 Å². The molecule has 1 N–H and O–H groups in total. The Bertz CT molecular complexity index is 1470. The molecule has 0 saturated heterocycles. The van der Waals surface area contributed by atoms with Crippen LogP contribution in [0, 0.1) is 0 Å². The first-order chi connectivity index (χ1) is 20.0. The van der Waals surface area contributed by atoms with Gasteiger partial charge in [0.25, 0.3) is 10.0 Å². The average Bonchev–Trinajstić information content (AvgIpc) is 2.99. The van der Waals surface area contributed by atoms with E-state index in [0.29, 0.717) is 27.9 Å². The number of carbonyl (C=O) groups excluding carboxylic acids is 2. The van der Waals surface area contributed by atoms with Crippen molar-refractivity contribution < 1.29 is 27.5 Å². The molecule has 0 aliphatic heterocycles. The fraction of sp³-hybridized carbons (Fsp3) is 0.333. The molecular weight excluding hydrogens is 601 g/mol. The minimum Gasteiger partial charge on any atom is -0.493 e. The van der Waals surface area contributed by atoms with Gasteiger partial charge in [0.2, 0.25) is 11.8 Å². The number of carbonyl (C=O) groups is 2. The van der Waals surface area contributed by atoms with Crippen LogP contribution < -0.4 is 19.1 Å². The molecule has 3 aromatic carbocycles. The summed E-state index contributed by atoms with van der Waals surface area (Å²) >= 11 is 12.9. The lowest BCUT2D eigenvalue weighted by molar-refractivity contribution is -0.139. The summed E-state index contributed by atoms with van der Waals surface area (Å²) in [7, 11) is -1.35. The molecule has 0 saturated carbocycles. The van der Waals surface area contributed by atoms with Crippen molar-refractivity contribution >= 4 is 50.7 Å². The maximum atomic E-state index is 14.1. The van der Waals surface area contributed by atoms with Crippen molar-refractivity contribution in [3.8, 4) is 11.5 Å². The molecule has 1 atom stereocenters. The average molecular weight is 637 g/mol. The molecule has 0 spiro atoms. The molecule has 2 amide bonds. The number of anilines is 1. The molecular formula is C30H35Cl2N3O6S. The van der Waals surface area contributed by atoms with E-state index in [1.807, 2.05) is 6.92 Å². The minimum atomic E-state index is -4.24. The van der Waals surface area contributed by atoms with Gasteiger partial charge in [-0.2, -0.15) is 0 Å². The molecule has 42 heavy (non-hydrogen) atoms. The van der Waals surface area contributed by atoms with Crippen LogP contribution in [0.5, 0.6) is 11.5 Å². The molecule has 0 fully saturated rings. The first kappa shape index (κ1) is 33.0. The van der Waals surface area contributed by atoms with E-state index >= 15 is 0 Å². The number of methoxy groups -OCH3 is 2. The zero-order valence-electron chi connectivity index (χ0n) is 24.0. The van der Waals surface area contributed by atoms with Gasteiger partial charge in [-0.05, 0) is 49.7 Å². The predicted octanol–water partition coefficient (Wildman–Crippen LogP) is 5.54. The Morgan fingerprint density at radius 2 is 1.57 bits per heavy atom. The van der Waals surface area contributed by atoms with Gasteiger partial charge in [0.15, 0.2) is 11.5 Å². The Hall–Kier alpha value is -3.47. The number of rotatable bonds is 14. The van der Waals surface area contributed by atoms with Gasteiger partial charge in [0.05, 0.1) is 24.8 Å². The van der Waals surface area contributed by atoms with Gasteiger partial charge in [-0.1, -0.05) is 60.8 Å². The molecule has 226 valence electrons. The first-order valence-electron chi connectivity index (χ1n) is 13.3. The number of unbranched alkanes of at least 4 members (excludes halogenated alkanes) is 1. The highest BCUT2D eigenvalue weighted by Gasteiger charge is 2.33. The molecule has 9 nitrogen and oxygen atoms in total. The molecule has 0 bridgehead atoms. The van der Waals surface area contributed by atoms with E-state index < -0.39 is 28.5 Å². The van der Waals surface area contributed by atoms with Gasteiger partial charge in [-0.3, -0.25) is 13.9 Å². The summed E-state index contributed by atoms with van der Waals surface area (Å²) in [6.07, 6.45) is 1.65. The Labute approximate surface area is 257 Å². The van der Waals surface area contributed by atoms with Gasteiger partial charge in [-0.15, -0.1) is 0 Å². The second kappa shape index (κ2) is 15.1. The lowest BCUT2D eigenvalue weighted by atomic mass is 10.1. The summed E-state index contributed by atoms with van der Waals surface area (Å²) in [5, 5.41) is 3.47. The molecule has 0 aromatic heterocycles. The van der Waals surface area contributed by atoms with Crippen molar-refractivity contribution in [1.82, 2.24) is 10.2 Å². The topological polar surface area (TPSA) is 105 Å². The normalized spacial score (nSPS) is 11.9. The van der Waals surface area contributed by atoms with Crippen LogP contribution in [-0.2, 0) is 26.2 Å². The summed E-state index contributed by atoms with van der Waals surface area (Å²) in [6, 6.07) is 16.3. The van der Waals surface area contributed by atoms with Gasteiger partial charge in [0, 0.05) is 34.8 Å². The van der Waals surface area contributed by atoms with E-state index in [1.165, 1.54) is 43.4 Å². The highest BCUT2D eigenvalue weighted by Crippen LogP contribution is 2.34. The number of nitrogens with one attached hydrogen (secondary N) is 1. The number of sulfonamides is 1. The third-order valence-corrected chi connectivity index (χ3v) is 9.15. The van der Waals surface area contributed by atoms with E-state index in [2.05, 4.69) is 5.32 Å². The smallest absolute Gasteiger partial charge is 0.264 e. The van der Waals surface area contributed by atoms with Crippen molar-refractivity contribution in [2.24, 2.45) is 0 Å². The number of hydrogen-bond donors (Lipinski definition) is 1. The number of amides is 2. The summed E-state index contributed by atoms with van der Waals surface area (Å²) < 4.78 is 39.6. The summed E-state index contributed by atoms with van der Waals surface area (Å²) in [4.78, 5) is 28.5. The number of ether oxygens (including phenoxy) is 2. The van der Waals surface area contributed by atoms with Crippen molar-refractivity contribution in [3.63, 3.8) is 0 Å². The number of halogens is 2. The van der Waals surface area contributed by atoms with Gasteiger partial charge in [0.1, 0.15) is 12.6 Å². The quantitative estimate of drug-likeness (QED) is 0.233. The number of benzene rings is 3. The number of nitrogens with zero attached hydrogens (tertiary/aromatic N) is 2. The van der Waals surface area contributed by atoms with Crippen molar-refractivity contribution in [2.75, 3.05) is 31.6 Å². The van der Waals surface area contributed by atoms with Gasteiger partial charge >= 0.3 is 0 Å². The van der Waals surface area contributed by atoms with Crippen LogP contribution in [-0.4, -0.2) is 58.5 Å². The van der Waals surface area contributed by atoms with Crippen LogP contribution >= 0.6 is 23.2 Å². The molecule has 3 aromatic rings. The lowest BCUT2D eigenvalue weighted by Crippen LogP contribution is -2.51. The van der Waals surface area contributed by atoms with Crippen molar-refractivity contribution in [3.05, 3.63) is 82.3 Å². The maximum Gasteiger partial charge on any atom is 0.264 e. The predicted molar refractivity (Wildman–Crippen MR) is 165 cm³/mol. The standard InChI is InChI=1S/C30H35Cl2N3O6S/c1-5-6-17-33-30(37)21(2)34(19-24-25(31)13-10-14-26(24)32)29(36)20-35(42(38,39)23-11-8-7-9-12-23)22-15-16-27(40-3)28(18-22)41-4/h7-16,18,21H,5-6,17,19-20H2,1-4H3,(H,33,37)/t21-/m1/s1. The highest BCUT2D eigenvalue weighted by atomic mass is 35.5.